The summed E-state index contributed by atoms with van der Waals surface area (Å²) >= 11 is 0. The Balaban J connectivity index is 2.32. The van der Waals surface area contributed by atoms with E-state index in [0.717, 1.165) is 23.9 Å². The number of non-ortho nitro benzene ring substituents is 1. The molecule has 1 aromatic heterocycles. The molecule has 4 nitrogen and oxygen atoms in total. The molecule has 0 aliphatic rings. The molecule has 0 N–H and O–H groups in total. The lowest BCUT2D eigenvalue weighted by atomic mass is 9.99. The summed E-state index contributed by atoms with van der Waals surface area (Å²) in [5, 5.41) is 12.1. The van der Waals surface area contributed by atoms with Crippen molar-refractivity contribution >= 4 is 16.6 Å². The first-order chi connectivity index (χ1) is 9.67. The van der Waals surface area contributed by atoms with E-state index in [1.807, 2.05) is 18.3 Å². The minimum Gasteiger partial charge on any atom is -0.342 e. The zero-order chi connectivity index (χ0) is 14.5. The van der Waals surface area contributed by atoms with E-state index in [2.05, 4.69) is 18.4 Å². The van der Waals surface area contributed by atoms with Gasteiger partial charge in [-0.3, -0.25) is 10.1 Å². The highest BCUT2D eigenvalue weighted by Gasteiger charge is 2.17. The van der Waals surface area contributed by atoms with Gasteiger partial charge in [-0.1, -0.05) is 45.2 Å². The number of nitro groups is 1. The summed E-state index contributed by atoms with van der Waals surface area (Å²) < 4.78 is 2.05. The summed E-state index contributed by atoms with van der Waals surface area (Å²) in [6, 6.07) is 7.24. The number of benzene rings is 1. The number of aromatic nitrogens is 1. The number of fused-ring (bicyclic) bond motifs is 1. The van der Waals surface area contributed by atoms with Crippen molar-refractivity contribution in [1.82, 2.24) is 4.57 Å². The molecule has 0 spiro atoms. The topological polar surface area (TPSA) is 48.1 Å². The lowest BCUT2D eigenvalue weighted by Gasteiger charge is -2.16. The van der Waals surface area contributed by atoms with Crippen LogP contribution in [0.4, 0.5) is 5.69 Å². The van der Waals surface area contributed by atoms with Gasteiger partial charge in [0.2, 0.25) is 0 Å². The van der Waals surface area contributed by atoms with Crippen LogP contribution in [-0.4, -0.2) is 9.49 Å². The Morgan fingerprint density at radius 1 is 1.30 bits per heavy atom. The van der Waals surface area contributed by atoms with E-state index in [0.29, 0.717) is 5.92 Å². The van der Waals surface area contributed by atoms with Gasteiger partial charge in [-0.15, -0.1) is 0 Å². The average molecular weight is 274 g/mol. The van der Waals surface area contributed by atoms with Crippen molar-refractivity contribution < 1.29 is 4.92 Å². The predicted molar refractivity (Wildman–Crippen MR) is 81.9 cm³/mol. The Kier molecular flexibility index (Phi) is 4.77. The summed E-state index contributed by atoms with van der Waals surface area (Å²) in [5.41, 5.74) is 0.963. The zero-order valence-electron chi connectivity index (χ0n) is 12.2. The number of para-hydroxylation sites is 1. The van der Waals surface area contributed by atoms with Crippen molar-refractivity contribution in [3.05, 3.63) is 40.6 Å². The summed E-state index contributed by atoms with van der Waals surface area (Å²) in [6.07, 6.45) is 6.70. The molecule has 0 aliphatic carbocycles. The van der Waals surface area contributed by atoms with Gasteiger partial charge in [0.05, 0.1) is 4.92 Å². The Labute approximate surface area is 119 Å². The molecule has 0 radical (unpaired) electrons. The Hall–Kier alpha value is -1.84. The van der Waals surface area contributed by atoms with Gasteiger partial charge in [0.25, 0.3) is 5.69 Å². The summed E-state index contributed by atoms with van der Waals surface area (Å²) in [7, 11) is 0. The highest BCUT2D eigenvalue weighted by molar-refractivity contribution is 5.88. The number of nitro benzene ring substituents is 1. The molecule has 2 rings (SSSR count). The predicted octanol–water partition coefficient (Wildman–Crippen LogP) is 4.77. The van der Waals surface area contributed by atoms with Crippen molar-refractivity contribution in [3.63, 3.8) is 0 Å². The van der Waals surface area contributed by atoms with Crippen LogP contribution in [0.5, 0.6) is 0 Å². The Morgan fingerprint density at radius 2 is 2.10 bits per heavy atom. The van der Waals surface area contributed by atoms with E-state index in [9.17, 15) is 10.1 Å². The lowest BCUT2D eigenvalue weighted by Crippen LogP contribution is -2.10. The standard InChI is InChI=1S/C16H22N2O2/c1-3-5-7-13(4-2)12-17-11-10-14-8-6-9-15(16(14)17)18(19)20/h6,8-11,13H,3-5,7,12H2,1-2H3. The molecule has 0 saturated carbocycles. The fraction of sp³-hybridized carbons (Fsp3) is 0.500. The first-order valence-corrected chi connectivity index (χ1v) is 7.39. The van der Waals surface area contributed by atoms with Crippen LogP contribution >= 0.6 is 0 Å². The second kappa shape index (κ2) is 6.55. The van der Waals surface area contributed by atoms with Crippen molar-refractivity contribution in [2.24, 2.45) is 5.92 Å². The minimum atomic E-state index is -0.286. The first-order valence-electron chi connectivity index (χ1n) is 7.39. The van der Waals surface area contributed by atoms with Crippen LogP contribution in [0.25, 0.3) is 10.9 Å². The van der Waals surface area contributed by atoms with Crippen LogP contribution in [0, 0.1) is 16.0 Å². The maximum Gasteiger partial charge on any atom is 0.293 e. The van der Waals surface area contributed by atoms with Crippen LogP contribution in [0.1, 0.15) is 39.5 Å². The highest BCUT2D eigenvalue weighted by atomic mass is 16.6. The molecule has 0 fully saturated rings. The quantitative estimate of drug-likeness (QED) is 0.539. The fourth-order valence-corrected chi connectivity index (χ4v) is 2.74. The SMILES string of the molecule is CCCCC(CC)Cn1ccc2cccc([N+](=O)[O-])c21. The molecular weight excluding hydrogens is 252 g/mol. The second-order valence-corrected chi connectivity index (χ2v) is 5.36. The first kappa shape index (κ1) is 14.6. The van der Waals surface area contributed by atoms with Crippen LogP contribution in [0.15, 0.2) is 30.5 Å². The molecule has 1 aromatic carbocycles. The molecule has 2 aromatic rings. The molecular formula is C16H22N2O2. The van der Waals surface area contributed by atoms with E-state index in [1.54, 1.807) is 12.1 Å². The molecule has 1 heterocycles. The van der Waals surface area contributed by atoms with Crippen LogP contribution in [0.2, 0.25) is 0 Å². The van der Waals surface area contributed by atoms with Gasteiger partial charge in [-0.25, -0.2) is 0 Å². The zero-order valence-corrected chi connectivity index (χ0v) is 12.2. The van der Waals surface area contributed by atoms with Crippen LogP contribution in [0.3, 0.4) is 0 Å². The van der Waals surface area contributed by atoms with Gasteiger partial charge in [0, 0.05) is 24.2 Å². The second-order valence-electron chi connectivity index (χ2n) is 5.36. The Morgan fingerprint density at radius 3 is 2.75 bits per heavy atom. The van der Waals surface area contributed by atoms with Crippen LogP contribution in [-0.2, 0) is 6.54 Å². The van der Waals surface area contributed by atoms with Gasteiger partial charge < -0.3 is 4.57 Å². The normalized spacial score (nSPS) is 12.7. The third-order valence-corrected chi connectivity index (χ3v) is 3.96. The molecule has 20 heavy (non-hydrogen) atoms. The number of rotatable bonds is 7. The van der Waals surface area contributed by atoms with Crippen molar-refractivity contribution in [1.29, 1.82) is 0 Å². The summed E-state index contributed by atoms with van der Waals surface area (Å²) in [5.74, 6) is 0.588. The molecule has 108 valence electrons. The van der Waals surface area contributed by atoms with E-state index in [4.69, 9.17) is 0 Å². The molecule has 0 amide bonds. The van der Waals surface area contributed by atoms with E-state index in [1.165, 1.54) is 19.3 Å². The van der Waals surface area contributed by atoms with Crippen molar-refractivity contribution in [3.8, 4) is 0 Å². The monoisotopic (exact) mass is 274 g/mol. The van der Waals surface area contributed by atoms with E-state index in [-0.39, 0.29) is 10.6 Å². The maximum atomic E-state index is 11.2. The Bertz CT molecular complexity index is 589. The van der Waals surface area contributed by atoms with E-state index < -0.39 is 0 Å². The third kappa shape index (κ3) is 3.00. The third-order valence-electron chi connectivity index (χ3n) is 3.96. The smallest absolute Gasteiger partial charge is 0.293 e. The highest BCUT2D eigenvalue weighted by Crippen LogP contribution is 2.28. The number of hydrogen-bond donors (Lipinski definition) is 0. The van der Waals surface area contributed by atoms with Gasteiger partial charge in [-0.05, 0) is 18.4 Å². The fourth-order valence-electron chi connectivity index (χ4n) is 2.74. The van der Waals surface area contributed by atoms with Gasteiger partial charge in [0.15, 0.2) is 0 Å². The number of unbranched alkanes of at least 4 members (excludes halogenated alkanes) is 1. The molecule has 1 atom stereocenters. The largest absolute Gasteiger partial charge is 0.342 e. The van der Waals surface area contributed by atoms with Gasteiger partial charge in [-0.2, -0.15) is 0 Å². The molecule has 0 bridgehead atoms. The van der Waals surface area contributed by atoms with Crippen molar-refractivity contribution in [2.45, 2.75) is 46.1 Å². The minimum absolute atomic E-state index is 0.206. The molecule has 4 heteroatoms. The number of hydrogen-bond acceptors (Lipinski definition) is 2. The number of nitrogens with zero attached hydrogens (tertiary/aromatic N) is 2. The maximum absolute atomic E-state index is 11.2. The molecule has 1 unspecified atom stereocenters. The molecule has 0 saturated heterocycles. The summed E-state index contributed by atoms with van der Waals surface area (Å²) in [4.78, 5) is 10.9. The van der Waals surface area contributed by atoms with E-state index >= 15 is 0 Å². The summed E-state index contributed by atoms with van der Waals surface area (Å²) in [6.45, 7) is 5.26. The average Bonchev–Trinajstić information content (AvgIpc) is 2.86. The lowest BCUT2D eigenvalue weighted by molar-refractivity contribution is -0.383. The van der Waals surface area contributed by atoms with Gasteiger partial charge >= 0.3 is 0 Å². The van der Waals surface area contributed by atoms with Gasteiger partial charge in [0.1, 0.15) is 5.52 Å². The molecule has 0 aliphatic heterocycles. The van der Waals surface area contributed by atoms with Crippen molar-refractivity contribution in [2.75, 3.05) is 0 Å². The van der Waals surface area contributed by atoms with Crippen LogP contribution < -0.4 is 0 Å².